The van der Waals surface area contributed by atoms with Gasteiger partial charge in [-0.15, -0.1) is 11.3 Å². The average Bonchev–Trinajstić information content (AvgIpc) is 2.84. The Hall–Kier alpha value is -1.02. The second-order valence-electron chi connectivity index (χ2n) is 6.63. The highest BCUT2D eigenvalue weighted by molar-refractivity contribution is 7.89. The van der Waals surface area contributed by atoms with Crippen molar-refractivity contribution in [2.24, 2.45) is 5.41 Å². The Labute approximate surface area is 134 Å². The molecular formula is C15H20N2O3S2. The number of aliphatic hydroxyl groups excluding tert-OH is 1. The van der Waals surface area contributed by atoms with Crippen LogP contribution in [0.1, 0.15) is 26.7 Å². The van der Waals surface area contributed by atoms with Gasteiger partial charge in [0.05, 0.1) is 26.7 Å². The lowest BCUT2D eigenvalue weighted by atomic mass is 9.87. The van der Waals surface area contributed by atoms with Crippen LogP contribution in [0.15, 0.2) is 28.6 Å². The van der Waals surface area contributed by atoms with E-state index < -0.39 is 16.1 Å². The number of nitrogens with zero attached hydrogens (tertiary/aromatic N) is 2. The number of fused-ring (bicyclic) bond motifs is 1. The molecule has 1 fully saturated rings. The van der Waals surface area contributed by atoms with Crippen LogP contribution in [-0.2, 0) is 10.0 Å². The van der Waals surface area contributed by atoms with Crippen LogP contribution in [0.5, 0.6) is 0 Å². The summed E-state index contributed by atoms with van der Waals surface area (Å²) in [6, 6.07) is 5.05. The molecule has 0 spiro atoms. The van der Waals surface area contributed by atoms with E-state index in [-0.39, 0.29) is 5.41 Å². The van der Waals surface area contributed by atoms with Crippen LogP contribution in [0.3, 0.4) is 0 Å². The number of aliphatic hydroxyl groups is 1. The molecule has 1 N–H and O–H groups in total. The molecule has 0 aliphatic carbocycles. The lowest BCUT2D eigenvalue weighted by molar-refractivity contribution is 0.122. The molecule has 0 amide bonds. The van der Waals surface area contributed by atoms with Gasteiger partial charge in [0.2, 0.25) is 10.0 Å². The Bertz CT molecular complexity index is 783. The zero-order chi connectivity index (χ0) is 16.0. The quantitative estimate of drug-likeness (QED) is 0.912. The van der Waals surface area contributed by atoms with E-state index in [4.69, 9.17) is 0 Å². The molecule has 0 bridgehead atoms. The van der Waals surface area contributed by atoms with Gasteiger partial charge in [-0.25, -0.2) is 13.4 Å². The molecule has 1 aliphatic rings. The van der Waals surface area contributed by atoms with E-state index in [1.807, 2.05) is 13.8 Å². The highest BCUT2D eigenvalue weighted by Crippen LogP contribution is 2.32. The van der Waals surface area contributed by atoms with Crippen molar-refractivity contribution >= 4 is 31.6 Å². The molecule has 7 heteroatoms. The molecule has 3 rings (SSSR count). The minimum absolute atomic E-state index is 0.239. The third kappa shape index (κ3) is 3.03. The van der Waals surface area contributed by atoms with E-state index in [9.17, 15) is 13.5 Å². The Morgan fingerprint density at radius 2 is 2.18 bits per heavy atom. The molecule has 1 aliphatic heterocycles. The maximum absolute atomic E-state index is 12.9. The van der Waals surface area contributed by atoms with Crippen molar-refractivity contribution in [1.29, 1.82) is 0 Å². The second-order valence-corrected chi connectivity index (χ2v) is 9.46. The van der Waals surface area contributed by atoms with E-state index >= 15 is 0 Å². The molecule has 22 heavy (non-hydrogen) atoms. The molecule has 1 atom stereocenters. The SMILES string of the molecule is CC1(C)CC(O)CCN(S(=O)(=O)c2ccc3ncsc3c2)C1. The van der Waals surface area contributed by atoms with Crippen molar-refractivity contribution in [2.45, 2.75) is 37.7 Å². The van der Waals surface area contributed by atoms with Crippen molar-refractivity contribution in [3.63, 3.8) is 0 Å². The molecule has 120 valence electrons. The van der Waals surface area contributed by atoms with Crippen molar-refractivity contribution in [2.75, 3.05) is 13.1 Å². The molecule has 0 radical (unpaired) electrons. The fourth-order valence-electron chi connectivity index (χ4n) is 3.00. The van der Waals surface area contributed by atoms with Crippen LogP contribution < -0.4 is 0 Å². The van der Waals surface area contributed by atoms with Gasteiger partial charge in [0.25, 0.3) is 0 Å². The highest BCUT2D eigenvalue weighted by atomic mass is 32.2. The van der Waals surface area contributed by atoms with Crippen molar-refractivity contribution in [3.8, 4) is 0 Å². The summed E-state index contributed by atoms with van der Waals surface area (Å²) in [5, 5.41) is 9.96. The molecule has 0 saturated carbocycles. The third-order valence-corrected chi connectivity index (χ3v) is 6.68. The molecule has 1 unspecified atom stereocenters. The van der Waals surface area contributed by atoms with Crippen molar-refractivity contribution in [1.82, 2.24) is 9.29 Å². The maximum atomic E-state index is 12.9. The lowest BCUT2D eigenvalue weighted by Gasteiger charge is -2.29. The second kappa shape index (κ2) is 5.56. The average molecular weight is 340 g/mol. The first-order valence-corrected chi connectivity index (χ1v) is 9.61. The van der Waals surface area contributed by atoms with Gasteiger partial charge < -0.3 is 5.11 Å². The van der Waals surface area contributed by atoms with Gasteiger partial charge >= 0.3 is 0 Å². The summed E-state index contributed by atoms with van der Waals surface area (Å²) in [6.07, 6.45) is 0.650. The fraction of sp³-hybridized carbons (Fsp3) is 0.533. The summed E-state index contributed by atoms with van der Waals surface area (Å²) in [5.41, 5.74) is 2.29. The standard InChI is InChI=1S/C15H20N2O3S2/c1-15(2)8-11(18)5-6-17(9-15)22(19,20)12-3-4-13-14(7-12)21-10-16-13/h3-4,7,10-11,18H,5-6,8-9H2,1-2H3. The third-order valence-electron chi connectivity index (χ3n) is 4.04. The topological polar surface area (TPSA) is 70.5 Å². The van der Waals surface area contributed by atoms with E-state index in [1.165, 1.54) is 15.6 Å². The van der Waals surface area contributed by atoms with Crippen LogP contribution in [-0.4, -0.2) is 42.0 Å². The Balaban J connectivity index is 1.97. The summed E-state index contributed by atoms with van der Waals surface area (Å²) >= 11 is 1.43. The minimum atomic E-state index is -3.55. The molecule has 1 aromatic heterocycles. The monoisotopic (exact) mass is 340 g/mol. The number of thiazole rings is 1. The predicted octanol–water partition coefficient (Wildman–Crippen LogP) is 2.47. The van der Waals surface area contributed by atoms with Gasteiger partial charge in [-0.2, -0.15) is 4.31 Å². The number of hydrogen-bond acceptors (Lipinski definition) is 5. The fourth-order valence-corrected chi connectivity index (χ4v) is 5.47. The van der Waals surface area contributed by atoms with Crippen molar-refractivity contribution < 1.29 is 13.5 Å². The summed E-state index contributed by atoms with van der Waals surface area (Å²) in [7, 11) is -3.55. The van der Waals surface area contributed by atoms with Gasteiger partial charge in [0.1, 0.15) is 0 Å². The maximum Gasteiger partial charge on any atom is 0.243 e. The number of sulfonamides is 1. The summed E-state index contributed by atoms with van der Waals surface area (Å²) in [5.74, 6) is 0. The van der Waals surface area contributed by atoms with Crippen LogP contribution >= 0.6 is 11.3 Å². The Morgan fingerprint density at radius 3 is 2.95 bits per heavy atom. The minimum Gasteiger partial charge on any atom is -0.393 e. The molecule has 5 nitrogen and oxygen atoms in total. The zero-order valence-corrected chi connectivity index (χ0v) is 14.3. The smallest absolute Gasteiger partial charge is 0.243 e. The van der Waals surface area contributed by atoms with Gasteiger partial charge in [0, 0.05) is 13.1 Å². The van der Waals surface area contributed by atoms with Gasteiger partial charge in [-0.05, 0) is 36.5 Å². The Kier molecular flexibility index (Phi) is 4.01. The van der Waals surface area contributed by atoms with E-state index in [0.717, 1.165) is 10.2 Å². The molecule has 1 saturated heterocycles. The summed E-state index contributed by atoms with van der Waals surface area (Å²) in [4.78, 5) is 4.48. The molecular weight excluding hydrogens is 320 g/mol. The molecule has 2 aromatic rings. The predicted molar refractivity (Wildman–Crippen MR) is 87.4 cm³/mol. The van der Waals surface area contributed by atoms with Crippen LogP contribution in [0.25, 0.3) is 10.2 Å². The van der Waals surface area contributed by atoms with Crippen LogP contribution in [0, 0.1) is 5.41 Å². The summed E-state index contributed by atoms with van der Waals surface area (Å²) < 4.78 is 28.2. The summed E-state index contributed by atoms with van der Waals surface area (Å²) in [6.45, 7) is 4.77. The lowest BCUT2D eigenvalue weighted by Crippen LogP contribution is -2.37. The highest BCUT2D eigenvalue weighted by Gasteiger charge is 2.35. The van der Waals surface area contributed by atoms with Crippen LogP contribution in [0.2, 0.25) is 0 Å². The van der Waals surface area contributed by atoms with Crippen LogP contribution in [0.4, 0.5) is 0 Å². The first kappa shape index (κ1) is 15.9. The number of hydrogen-bond donors (Lipinski definition) is 1. The van der Waals surface area contributed by atoms with E-state index in [0.29, 0.717) is 30.8 Å². The number of aromatic nitrogens is 1. The first-order chi connectivity index (χ1) is 10.3. The zero-order valence-electron chi connectivity index (χ0n) is 12.7. The van der Waals surface area contributed by atoms with E-state index in [1.54, 1.807) is 23.7 Å². The Morgan fingerprint density at radius 1 is 1.41 bits per heavy atom. The van der Waals surface area contributed by atoms with Gasteiger partial charge in [0.15, 0.2) is 0 Å². The van der Waals surface area contributed by atoms with E-state index in [2.05, 4.69) is 4.98 Å². The number of rotatable bonds is 2. The molecule has 1 aromatic carbocycles. The van der Waals surface area contributed by atoms with Crippen molar-refractivity contribution in [3.05, 3.63) is 23.7 Å². The van der Waals surface area contributed by atoms with Gasteiger partial charge in [-0.1, -0.05) is 13.8 Å². The first-order valence-electron chi connectivity index (χ1n) is 7.29. The normalized spacial score (nSPS) is 23.5. The van der Waals surface area contributed by atoms with Gasteiger partial charge in [-0.3, -0.25) is 0 Å². The number of benzene rings is 1. The molecule has 2 heterocycles. The largest absolute Gasteiger partial charge is 0.393 e.